The molecule has 0 spiro atoms. The molecular weight excluding hydrogens is 282 g/mol. The van der Waals surface area contributed by atoms with E-state index in [4.69, 9.17) is 0 Å². The smallest absolute Gasteiger partial charge is 0.0967 e. The molecule has 1 aliphatic heterocycles. The van der Waals surface area contributed by atoms with Gasteiger partial charge in [0.05, 0.1) is 5.69 Å². The van der Waals surface area contributed by atoms with E-state index < -0.39 is 0 Å². The minimum absolute atomic E-state index is 0.927. The first-order valence-corrected chi connectivity index (χ1v) is 7.26. The molecule has 2 heterocycles. The van der Waals surface area contributed by atoms with Crippen molar-refractivity contribution in [1.29, 1.82) is 0 Å². The van der Waals surface area contributed by atoms with E-state index in [1.807, 2.05) is 13.2 Å². The molecule has 0 atom stereocenters. The average Bonchev–Trinajstić information content (AvgIpc) is 2.58. The van der Waals surface area contributed by atoms with Crippen LogP contribution in [0.5, 0.6) is 0 Å². The number of nitrogens with zero attached hydrogens (tertiary/aromatic N) is 5. The van der Waals surface area contributed by atoms with Crippen LogP contribution in [0.25, 0.3) is 0 Å². The Morgan fingerprint density at radius 2 is 2.00 bits per heavy atom. The number of rotatable bonds is 4. The van der Waals surface area contributed by atoms with Crippen LogP contribution in [0.4, 0.5) is 0 Å². The van der Waals surface area contributed by atoms with Crippen LogP contribution in [-0.2, 0) is 13.6 Å². The topological polar surface area (TPSA) is 37.2 Å². The van der Waals surface area contributed by atoms with Crippen LogP contribution in [0.2, 0.25) is 0 Å². The lowest BCUT2D eigenvalue weighted by Crippen LogP contribution is -2.31. The van der Waals surface area contributed by atoms with E-state index in [9.17, 15) is 0 Å². The summed E-state index contributed by atoms with van der Waals surface area (Å²) in [6, 6.07) is 0. The largest absolute Gasteiger partial charge is 0.301 e. The van der Waals surface area contributed by atoms with E-state index in [-0.39, 0.29) is 0 Å². The normalized spacial score (nSPS) is 19.4. The SMILES string of the molecule is Cn1cc(CN2CCCN(CCBr)CC2)nn1. The molecule has 1 aromatic heterocycles. The fraction of sp³-hybridized carbons (Fsp3) is 0.818. The molecule has 0 aliphatic carbocycles. The van der Waals surface area contributed by atoms with Crippen molar-refractivity contribution >= 4 is 15.9 Å². The summed E-state index contributed by atoms with van der Waals surface area (Å²) in [5.74, 6) is 0. The zero-order chi connectivity index (χ0) is 12.1. The van der Waals surface area contributed by atoms with Gasteiger partial charge in [-0.2, -0.15) is 0 Å². The van der Waals surface area contributed by atoms with Gasteiger partial charge in [-0.1, -0.05) is 21.1 Å². The molecule has 0 aromatic carbocycles. The Labute approximate surface area is 111 Å². The van der Waals surface area contributed by atoms with E-state index in [1.165, 1.54) is 13.0 Å². The third kappa shape index (κ3) is 4.04. The molecule has 17 heavy (non-hydrogen) atoms. The summed E-state index contributed by atoms with van der Waals surface area (Å²) in [5.41, 5.74) is 1.07. The van der Waals surface area contributed by atoms with Gasteiger partial charge >= 0.3 is 0 Å². The van der Waals surface area contributed by atoms with Gasteiger partial charge in [0, 0.05) is 44.8 Å². The molecule has 0 bridgehead atoms. The maximum Gasteiger partial charge on any atom is 0.0967 e. The summed E-state index contributed by atoms with van der Waals surface area (Å²) in [7, 11) is 1.91. The Balaban J connectivity index is 1.82. The fourth-order valence-corrected chi connectivity index (χ4v) is 2.72. The van der Waals surface area contributed by atoms with Gasteiger partial charge < -0.3 is 4.90 Å². The summed E-state index contributed by atoms with van der Waals surface area (Å²) in [4.78, 5) is 4.99. The Morgan fingerprint density at radius 3 is 2.71 bits per heavy atom. The molecule has 6 heteroatoms. The molecule has 0 amide bonds. The molecule has 0 radical (unpaired) electrons. The van der Waals surface area contributed by atoms with Crippen molar-refractivity contribution < 1.29 is 0 Å². The number of hydrogen-bond acceptors (Lipinski definition) is 4. The Bertz CT molecular complexity index is 340. The molecule has 5 nitrogen and oxygen atoms in total. The van der Waals surface area contributed by atoms with Gasteiger partial charge in [0.25, 0.3) is 0 Å². The van der Waals surface area contributed by atoms with Gasteiger partial charge in [-0.15, -0.1) is 5.10 Å². The fourth-order valence-electron chi connectivity index (χ4n) is 2.22. The second kappa shape index (κ2) is 6.47. The van der Waals surface area contributed by atoms with Crippen molar-refractivity contribution in [2.75, 3.05) is 38.1 Å². The van der Waals surface area contributed by atoms with Crippen molar-refractivity contribution in [3.05, 3.63) is 11.9 Å². The van der Waals surface area contributed by atoms with Crippen LogP contribution in [-0.4, -0.2) is 62.8 Å². The monoisotopic (exact) mass is 301 g/mol. The van der Waals surface area contributed by atoms with Crippen LogP contribution >= 0.6 is 15.9 Å². The maximum atomic E-state index is 4.15. The van der Waals surface area contributed by atoms with Crippen molar-refractivity contribution in [3.63, 3.8) is 0 Å². The van der Waals surface area contributed by atoms with Gasteiger partial charge in [0.1, 0.15) is 0 Å². The van der Waals surface area contributed by atoms with Gasteiger partial charge in [0.2, 0.25) is 0 Å². The van der Waals surface area contributed by atoms with Crippen LogP contribution < -0.4 is 0 Å². The lowest BCUT2D eigenvalue weighted by Gasteiger charge is -2.20. The van der Waals surface area contributed by atoms with Crippen LogP contribution in [0.3, 0.4) is 0 Å². The summed E-state index contributed by atoms with van der Waals surface area (Å²) >= 11 is 3.51. The van der Waals surface area contributed by atoms with E-state index in [1.54, 1.807) is 4.68 Å². The number of aryl methyl sites for hydroxylation is 1. The highest BCUT2D eigenvalue weighted by molar-refractivity contribution is 9.09. The molecule has 2 rings (SSSR count). The molecule has 0 N–H and O–H groups in total. The minimum atomic E-state index is 0.927. The molecule has 96 valence electrons. The standard InChI is InChI=1S/C11H20BrN5/c1-15-9-11(13-14-15)10-17-5-2-4-16(6-3-12)7-8-17/h9H,2-8,10H2,1H3. The predicted octanol–water partition coefficient (Wildman–Crippen LogP) is 0.718. The van der Waals surface area contributed by atoms with Crippen LogP contribution in [0.1, 0.15) is 12.1 Å². The summed E-state index contributed by atoms with van der Waals surface area (Å²) < 4.78 is 1.77. The van der Waals surface area contributed by atoms with Crippen molar-refractivity contribution in [3.8, 4) is 0 Å². The Hall–Kier alpha value is -0.460. The first-order chi connectivity index (χ1) is 8.28. The van der Waals surface area contributed by atoms with Crippen molar-refractivity contribution in [2.45, 2.75) is 13.0 Å². The second-order valence-corrected chi connectivity index (χ2v) is 5.34. The Morgan fingerprint density at radius 1 is 1.24 bits per heavy atom. The van der Waals surface area contributed by atoms with Crippen molar-refractivity contribution in [1.82, 2.24) is 24.8 Å². The number of aromatic nitrogens is 3. The third-order valence-corrected chi connectivity index (χ3v) is 3.47. The average molecular weight is 302 g/mol. The number of alkyl halides is 1. The highest BCUT2D eigenvalue weighted by Gasteiger charge is 2.15. The van der Waals surface area contributed by atoms with Crippen molar-refractivity contribution in [2.24, 2.45) is 7.05 Å². The van der Waals surface area contributed by atoms with Crippen LogP contribution in [0.15, 0.2) is 6.20 Å². The van der Waals surface area contributed by atoms with Gasteiger partial charge in [-0.05, 0) is 19.5 Å². The molecular formula is C11H20BrN5. The molecule has 0 saturated carbocycles. The first kappa shape index (κ1) is 13.0. The predicted molar refractivity (Wildman–Crippen MR) is 71.1 cm³/mol. The van der Waals surface area contributed by atoms with Crippen LogP contribution in [0, 0.1) is 0 Å². The van der Waals surface area contributed by atoms with E-state index in [0.717, 1.165) is 43.7 Å². The van der Waals surface area contributed by atoms with Gasteiger partial charge in [-0.3, -0.25) is 9.58 Å². The lowest BCUT2D eigenvalue weighted by molar-refractivity contribution is 0.256. The highest BCUT2D eigenvalue weighted by Crippen LogP contribution is 2.07. The summed E-state index contributed by atoms with van der Waals surface area (Å²) in [5, 5.41) is 9.19. The molecule has 0 unspecified atom stereocenters. The zero-order valence-electron chi connectivity index (χ0n) is 10.3. The first-order valence-electron chi connectivity index (χ1n) is 6.14. The number of halogens is 1. The molecule has 1 aliphatic rings. The minimum Gasteiger partial charge on any atom is -0.301 e. The zero-order valence-corrected chi connectivity index (χ0v) is 11.9. The third-order valence-electron chi connectivity index (χ3n) is 3.12. The number of hydrogen-bond donors (Lipinski definition) is 0. The molecule has 1 saturated heterocycles. The van der Waals surface area contributed by atoms with E-state index in [0.29, 0.717) is 0 Å². The second-order valence-electron chi connectivity index (χ2n) is 4.54. The van der Waals surface area contributed by atoms with E-state index in [2.05, 4.69) is 36.0 Å². The van der Waals surface area contributed by atoms with Gasteiger partial charge in [0.15, 0.2) is 0 Å². The quantitative estimate of drug-likeness (QED) is 0.768. The molecule has 1 fully saturated rings. The van der Waals surface area contributed by atoms with Gasteiger partial charge in [-0.25, -0.2) is 0 Å². The summed E-state index contributed by atoms with van der Waals surface area (Å²) in [6.07, 6.45) is 3.24. The highest BCUT2D eigenvalue weighted by atomic mass is 79.9. The maximum absolute atomic E-state index is 4.15. The Kier molecular flexibility index (Phi) is 4.94. The lowest BCUT2D eigenvalue weighted by atomic mass is 10.3. The van der Waals surface area contributed by atoms with E-state index >= 15 is 0 Å². The molecule has 1 aromatic rings. The summed E-state index contributed by atoms with van der Waals surface area (Å²) in [6.45, 7) is 6.74.